The number of hydrogen-bond acceptors (Lipinski definition) is 6. The maximum absolute atomic E-state index is 14.2. The van der Waals surface area contributed by atoms with Gasteiger partial charge in [0.2, 0.25) is 5.88 Å². The van der Waals surface area contributed by atoms with E-state index in [9.17, 15) is 17.2 Å². The summed E-state index contributed by atoms with van der Waals surface area (Å²) in [6.07, 6.45) is 6.69. The van der Waals surface area contributed by atoms with E-state index in [-0.39, 0.29) is 11.6 Å². The molecular weight excluding hydrogens is 486 g/mol. The van der Waals surface area contributed by atoms with Gasteiger partial charge >= 0.3 is 0 Å². The number of sulfonamides is 1. The Morgan fingerprint density at radius 1 is 0.833 bits per heavy atom. The monoisotopic (exact) mass is 504 g/mol. The van der Waals surface area contributed by atoms with Crippen LogP contribution in [0.25, 0.3) is 33.2 Å². The molecule has 0 aliphatic heterocycles. The van der Waals surface area contributed by atoms with Crippen LogP contribution in [0.2, 0.25) is 0 Å². The van der Waals surface area contributed by atoms with Gasteiger partial charge in [-0.3, -0.25) is 14.7 Å². The zero-order valence-electron chi connectivity index (χ0n) is 18.8. The molecule has 1 N–H and O–H groups in total. The fraction of sp³-hybridized carbons (Fsp3) is 0.0385. The number of benzene rings is 2. The summed E-state index contributed by atoms with van der Waals surface area (Å²) >= 11 is 0. The number of ether oxygens (including phenoxy) is 1. The van der Waals surface area contributed by atoms with E-state index in [1.54, 1.807) is 24.8 Å². The predicted octanol–water partition coefficient (Wildman–Crippen LogP) is 5.45. The Balaban J connectivity index is 1.58. The molecule has 5 rings (SSSR count). The highest BCUT2D eigenvalue weighted by Crippen LogP contribution is 2.34. The van der Waals surface area contributed by atoms with E-state index < -0.39 is 26.6 Å². The lowest BCUT2D eigenvalue weighted by Crippen LogP contribution is -2.15. The third kappa shape index (κ3) is 4.46. The zero-order chi connectivity index (χ0) is 25.3. The van der Waals surface area contributed by atoms with E-state index >= 15 is 0 Å². The second-order valence-electron chi connectivity index (χ2n) is 7.79. The summed E-state index contributed by atoms with van der Waals surface area (Å²) in [4.78, 5) is 12.0. The highest BCUT2D eigenvalue weighted by atomic mass is 32.2. The van der Waals surface area contributed by atoms with E-state index in [1.807, 2.05) is 36.4 Å². The first-order valence-corrected chi connectivity index (χ1v) is 12.2. The summed E-state index contributed by atoms with van der Waals surface area (Å²) in [7, 11) is -3.06. The van der Waals surface area contributed by atoms with Crippen LogP contribution in [0.5, 0.6) is 5.88 Å². The standard InChI is InChI=1S/C26H18F2N4O3S/c1-35-26-24(32-36(33,34)25-5-3-19(27)14-22(25)28)13-18(15-31-26)17-2-4-23-21(12-17)20(8-11-30-23)16-6-9-29-10-7-16/h2-15,32H,1H3. The van der Waals surface area contributed by atoms with Crippen molar-refractivity contribution < 1.29 is 21.9 Å². The summed E-state index contributed by atoms with van der Waals surface area (Å²) in [5.74, 6) is -2.11. The lowest BCUT2D eigenvalue weighted by molar-refractivity contribution is 0.400. The average Bonchev–Trinajstić information content (AvgIpc) is 2.88. The van der Waals surface area contributed by atoms with Gasteiger partial charge in [-0.25, -0.2) is 22.2 Å². The molecule has 10 heteroatoms. The van der Waals surface area contributed by atoms with Gasteiger partial charge in [-0.15, -0.1) is 0 Å². The van der Waals surface area contributed by atoms with Crippen molar-refractivity contribution in [3.05, 3.63) is 97.1 Å². The van der Waals surface area contributed by atoms with Crippen LogP contribution < -0.4 is 9.46 Å². The second kappa shape index (κ2) is 9.31. The number of anilines is 1. The molecule has 0 amide bonds. The van der Waals surface area contributed by atoms with Gasteiger partial charge in [-0.1, -0.05) is 6.07 Å². The summed E-state index contributed by atoms with van der Waals surface area (Å²) in [6, 6.07) is 15.1. The van der Waals surface area contributed by atoms with E-state index in [1.165, 1.54) is 13.2 Å². The molecule has 5 aromatic rings. The fourth-order valence-corrected chi connectivity index (χ4v) is 4.96. The second-order valence-corrected chi connectivity index (χ2v) is 9.44. The quantitative estimate of drug-likeness (QED) is 0.331. The van der Waals surface area contributed by atoms with Crippen LogP contribution in [0.3, 0.4) is 0 Å². The molecule has 2 aromatic carbocycles. The molecule has 3 heterocycles. The van der Waals surface area contributed by atoms with Crippen molar-refractivity contribution in [2.75, 3.05) is 11.8 Å². The number of halogens is 2. The molecule has 0 aliphatic rings. The lowest BCUT2D eigenvalue weighted by Gasteiger charge is -2.14. The number of rotatable bonds is 6. The molecule has 0 bridgehead atoms. The fourth-order valence-electron chi connectivity index (χ4n) is 3.85. The highest BCUT2D eigenvalue weighted by Gasteiger charge is 2.22. The number of hydrogen-bond donors (Lipinski definition) is 1. The highest BCUT2D eigenvalue weighted by molar-refractivity contribution is 7.92. The van der Waals surface area contributed by atoms with Crippen LogP contribution in [-0.2, 0) is 10.0 Å². The molecule has 0 fully saturated rings. The zero-order valence-corrected chi connectivity index (χ0v) is 19.6. The van der Waals surface area contributed by atoms with Crippen molar-refractivity contribution in [1.82, 2.24) is 15.0 Å². The van der Waals surface area contributed by atoms with Gasteiger partial charge in [0.1, 0.15) is 22.2 Å². The Morgan fingerprint density at radius 3 is 2.39 bits per heavy atom. The van der Waals surface area contributed by atoms with E-state index in [0.29, 0.717) is 11.6 Å². The van der Waals surface area contributed by atoms with Crippen molar-refractivity contribution in [1.29, 1.82) is 0 Å². The molecule has 0 atom stereocenters. The molecule has 3 aromatic heterocycles. The molecular formula is C26H18F2N4O3S. The molecule has 0 unspecified atom stereocenters. The first-order valence-electron chi connectivity index (χ1n) is 10.7. The van der Waals surface area contributed by atoms with Gasteiger partial charge in [0, 0.05) is 41.8 Å². The minimum Gasteiger partial charge on any atom is -0.480 e. The minimum atomic E-state index is -4.40. The number of methoxy groups -OCH3 is 1. The molecule has 36 heavy (non-hydrogen) atoms. The van der Waals surface area contributed by atoms with Gasteiger partial charge in [-0.2, -0.15) is 0 Å². The topological polar surface area (TPSA) is 94.1 Å². The largest absolute Gasteiger partial charge is 0.480 e. The van der Waals surface area contributed by atoms with Crippen LogP contribution in [0.4, 0.5) is 14.5 Å². The van der Waals surface area contributed by atoms with Crippen molar-refractivity contribution in [3.8, 4) is 28.1 Å². The van der Waals surface area contributed by atoms with E-state index in [4.69, 9.17) is 4.74 Å². The Hall–Kier alpha value is -4.44. The van der Waals surface area contributed by atoms with Gasteiger partial charge in [0.05, 0.1) is 12.6 Å². The Morgan fingerprint density at radius 2 is 1.64 bits per heavy atom. The number of pyridine rings is 3. The maximum atomic E-state index is 14.2. The van der Waals surface area contributed by atoms with Crippen molar-refractivity contribution in [2.24, 2.45) is 0 Å². The Bertz CT molecular complexity index is 1700. The molecule has 0 spiro atoms. The minimum absolute atomic E-state index is 0.000587. The van der Waals surface area contributed by atoms with Gasteiger partial charge < -0.3 is 4.74 Å². The normalized spacial score (nSPS) is 11.4. The number of aromatic nitrogens is 3. The summed E-state index contributed by atoms with van der Waals surface area (Å²) in [5, 5.41) is 0.882. The van der Waals surface area contributed by atoms with Crippen LogP contribution in [-0.4, -0.2) is 30.5 Å². The van der Waals surface area contributed by atoms with Crippen molar-refractivity contribution in [2.45, 2.75) is 4.90 Å². The molecule has 180 valence electrons. The van der Waals surface area contributed by atoms with Gasteiger partial charge in [0.25, 0.3) is 10.0 Å². The molecule has 0 aliphatic carbocycles. The third-order valence-electron chi connectivity index (χ3n) is 5.54. The lowest BCUT2D eigenvalue weighted by atomic mass is 9.98. The summed E-state index contributed by atoms with van der Waals surface area (Å²) < 4.78 is 60.7. The SMILES string of the molecule is COc1ncc(-c2ccc3nccc(-c4ccncc4)c3c2)cc1NS(=O)(=O)c1ccc(F)cc1F. The van der Waals surface area contributed by atoms with Crippen LogP contribution in [0, 0.1) is 11.6 Å². The summed E-state index contributed by atoms with van der Waals surface area (Å²) in [5.41, 5.74) is 4.03. The maximum Gasteiger partial charge on any atom is 0.264 e. The van der Waals surface area contributed by atoms with Crippen molar-refractivity contribution in [3.63, 3.8) is 0 Å². The van der Waals surface area contributed by atoms with E-state index in [0.717, 1.165) is 39.7 Å². The van der Waals surface area contributed by atoms with Crippen LogP contribution in [0.1, 0.15) is 0 Å². The third-order valence-corrected chi connectivity index (χ3v) is 6.94. The molecule has 0 saturated carbocycles. The number of nitrogens with zero attached hydrogens (tertiary/aromatic N) is 3. The number of fused-ring (bicyclic) bond motifs is 1. The summed E-state index contributed by atoms with van der Waals surface area (Å²) in [6.45, 7) is 0. The first kappa shape index (κ1) is 23.3. The van der Waals surface area contributed by atoms with Crippen molar-refractivity contribution >= 4 is 26.6 Å². The van der Waals surface area contributed by atoms with Crippen LogP contribution in [0.15, 0.2) is 90.3 Å². The smallest absolute Gasteiger partial charge is 0.264 e. The van der Waals surface area contributed by atoms with Gasteiger partial charge in [-0.05, 0) is 65.2 Å². The average molecular weight is 505 g/mol. The van der Waals surface area contributed by atoms with Crippen LogP contribution >= 0.6 is 0 Å². The number of nitrogens with one attached hydrogen (secondary N) is 1. The molecule has 0 saturated heterocycles. The Kier molecular flexibility index (Phi) is 6.03. The first-order chi connectivity index (χ1) is 17.4. The molecule has 7 nitrogen and oxygen atoms in total. The van der Waals surface area contributed by atoms with Gasteiger partial charge in [0.15, 0.2) is 0 Å². The van der Waals surface area contributed by atoms with E-state index in [2.05, 4.69) is 19.7 Å². The predicted molar refractivity (Wildman–Crippen MR) is 132 cm³/mol. The Labute approximate surface area is 205 Å². The molecule has 0 radical (unpaired) electrons.